The van der Waals surface area contributed by atoms with Crippen molar-refractivity contribution in [3.8, 4) is 0 Å². The van der Waals surface area contributed by atoms with Gasteiger partial charge in [0.15, 0.2) is 6.29 Å². The van der Waals surface area contributed by atoms with Crippen LogP contribution in [0.3, 0.4) is 0 Å². The molecule has 0 unspecified atom stereocenters. The molecule has 2 aromatic rings. The molecule has 4 atom stereocenters. The van der Waals surface area contributed by atoms with Crippen LogP contribution in [0.1, 0.15) is 20.8 Å². The summed E-state index contributed by atoms with van der Waals surface area (Å²) in [4.78, 5) is 0. The molecule has 2 aromatic carbocycles. The van der Waals surface area contributed by atoms with Gasteiger partial charge in [-0.05, 0) is 15.4 Å². The van der Waals surface area contributed by atoms with Gasteiger partial charge < -0.3 is 24.4 Å². The zero-order chi connectivity index (χ0) is 22.6. The number of nitrogens with two attached hydrogens (primary N) is 1. The molecule has 1 aliphatic rings. The molecule has 0 aromatic heterocycles. The SMILES string of the molecule is COC(OC)[C@@H]1O[C@@H](CO[Si](c2ccccc2)(c2ccccc2)C(C)(C)C)[C@H](N)[C@H]1F. The van der Waals surface area contributed by atoms with Crippen LogP contribution in [0.2, 0.25) is 5.04 Å². The molecule has 7 heteroatoms. The molecule has 0 bridgehead atoms. The number of ether oxygens (including phenoxy) is 3. The van der Waals surface area contributed by atoms with E-state index >= 15 is 0 Å². The maximum absolute atomic E-state index is 14.9. The Morgan fingerprint density at radius 3 is 1.87 bits per heavy atom. The van der Waals surface area contributed by atoms with Gasteiger partial charge in [0, 0.05) is 14.2 Å². The maximum atomic E-state index is 14.9. The van der Waals surface area contributed by atoms with E-state index in [2.05, 4.69) is 45.0 Å². The van der Waals surface area contributed by atoms with Crippen LogP contribution in [0.5, 0.6) is 0 Å². The summed E-state index contributed by atoms with van der Waals surface area (Å²) < 4.78 is 38.1. The predicted octanol–water partition coefficient (Wildman–Crippen LogP) is 2.61. The lowest BCUT2D eigenvalue weighted by atomic mass is 10.1. The molecule has 0 aliphatic carbocycles. The molecule has 0 saturated carbocycles. The molecule has 3 rings (SSSR count). The molecule has 1 saturated heterocycles. The highest BCUT2D eigenvalue weighted by molar-refractivity contribution is 6.99. The van der Waals surface area contributed by atoms with Gasteiger partial charge in [-0.15, -0.1) is 0 Å². The molecule has 1 heterocycles. The van der Waals surface area contributed by atoms with E-state index < -0.39 is 39.0 Å². The van der Waals surface area contributed by atoms with E-state index in [1.165, 1.54) is 14.2 Å². The van der Waals surface area contributed by atoms with Crippen LogP contribution in [-0.4, -0.2) is 59.9 Å². The van der Waals surface area contributed by atoms with Crippen molar-refractivity contribution in [2.24, 2.45) is 5.73 Å². The number of hydrogen-bond donors (Lipinski definition) is 1. The first-order chi connectivity index (χ1) is 14.8. The van der Waals surface area contributed by atoms with E-state index in [4.69, 9.17) is 24.4 Å². The van der Waals surface area contributed by atoms with Crippen LogP contribution >= 0.6 is 0 Å². The molecule has 31 heavy (non-hydrogen) atoms. The minimum Gasteiger partial charge on any atom is -0.405 e. The van der Waals surface area contributed by atoms with Gasteiger partial charge in [-0.3, -0.25) is 0 Å². The second-order valence-corrected chi connectivity index (χ2v) is 13.3. The van der Waals surface area contributed by atoms with Crippen molar-refractivity contribution < 1.29 is 23.0 Å². The monoisotopic (exact) mass is 447 g/mol. The highest BCUT2D eigenvalue weighted by Crippen LogP contribution is 2.37. The average Bonchev–Trinajstić information content (AvgIpc) is 3.04. The topological polar surface area (TPSA) is 62.9 Å². The average molecular weight is 448 g/mol. The Labute approximate surface area is 185 Å². The third kappa shape index (κ3) is 4.62. The Morgan fingerprint density at radius 2 is 1.45 bits per heavy atom. The smallest absolute Gasteiger partial charge is 0.261 e. The van der Waals surface area contributed by atoms with Crippen LogP contribution in [-0.2, 0) is 18.6 Å². The fourth-order valence-electron chi connectivity index (χ4n) is 4.49. The number of benzene rings is 2. The van der Waals surface area contributed by atoms with Gasteiger partial charge in [0.05, 0.1) is 18.8 Å². The lowest BCUT2D eigenvalue weighted by Crippen LogP contribution is -2.67. The predicted molar refractivity (Wildman–Crippen MR) is 123 cm³/mol. The summed E-state index contributed by atoms with van der Waals surface area (Å²) >= 11 is 0. The van der Waals surface area contributed by atoms with Gasteiger partial charge >= 0.3 is 0 Å². The van der Waals surface area contributed by atoms with Crippen molar-refractivity contribution in [3.05, 3.63) is 60.7 Å². The minimum absolute atomic E-state index is 0.186. The van der Waals surface area contributed by atoms with Gasteiger partial charge in [0.1, 0.15) is 12.3 Å². The van der Waals surface area contributed by atoms with E-state index in [1.54, 1.807) is 0 Å². The summed E-state index contributed by atoms with van der Waals surface area (Å²) in [5, 5.41) is 2.12. The van der Waals surface area contributed by atoms with Gasteiger partial charge in [-0.1, -0.05) is 81.4 Å². The van der Waals surface area contributed by atoms with Crippen LogP contribution < -0.4 is 16.1 Å². The summed E-state index contributed by atoms with van der Waals surface area (Å²) in [5.74, 6) is 0. The van der Waals surface area contributed by atoms with Crippen molar-refractivity contribution in [2.75, 3.05) is 20.8 Å². The summed E-state index contributed by atoms with van der Waals surface area (Å²) in [5.41, 5.74) is 6.20. The van der Waals surface area contributed by atoms with Gasteiger partial charge in [0.25, 0.3) is 8.32 Å². The number of methoxy groups -OCH3 is 2. The van der Waals surface area contributed by atoms with E-state index in [9.17, 15) is 4.39 Å². The standard InChI is InChI=1S/C24H34FNO4Si/c1-24(2,3)31(17-12-8-6-9-13-17,18-14-10-7-11-15-18)29-16-19-21(26)20(25)22(30-19)23(27-4)28-5/h6-15,19-23H,16,26H2,1-5H3/t19-,20+,21-,22+/m0/s1. The van der Waals surface area contributed by atoms with Crippen LogP contribution in [0.15, 0.2) is 60.7 Å². The summed E-state index contributed by atoms with van der Waals surface area (Å²) in [6.07, 6.45) is -3.72. The van der Waals surface area contributed by atoms with Crippen LogP contribution in [0, 0.1) is 0 Å². The minimum atomic E-state index is -2.75. The highest BCUT2D eigenvalue weighted by atomic mass is 28.4. The molecule has 1 aliphatic heterocycles. The molecular formula is C24H34FNO4Si. The molecule has 0 spiro atoms. The van der Waals surface area contributed by atoms with Crippen LogP contribution in [0.4, 0.5) is 4.39 Å². The van der Waals surface area contributed by atoms with Crippen LogP contribution in [0.25, 0.3) is 0 Å². The zero-order valence-electron chi connectivity index (χ0n) is 19.0. The number of halogens is 1. The molecule has 5 nitrogen and oxygen atoms in total. The Hall–Kier alpha value is -1.61. The van der Waals surface area contributed by atoms with Gasteiger partial charge in [0.2, 0.25) is 0 Å². The van der Waals surface area contributed by atoms with Crippen molar-refractivity contribution in [1.29, 1.82) is 0 Å². The molecule has 0 amide bonds. The van der Waals surface area contributed by atoms with Crippen molar-refractivity contribution in [1.82, 2.24) is 0 Å². The Balaban J connectivity index is 1.95. The quantitative estimate of drug-likeness (QED) is 0.498. The maximum Gasteiger partial charge on any atom is 0.261 e. The summed E-state index contributed by atoms with van der Waals surface area (Å²) in [6, 6.07) is 19.8. The third-order valence-corrected chi connectivity index (χ3v) is 11.1. The summed E-state index contributed by atoms with van der Waals surface area (Å²) in [6.45, 7) is 6.77. The normalized spacial score (nSPS) is 24.6. The second-order valence-electron chi connectivity index (χ2n) is 8.97. The summed E-state index contributed by atoms with van der Waals surface area (Å²) in [7, 11) is 0.166. The Bertz CT molecular complexity index is 774. The molecule has 170 valence electrons. The largest absolute Gasteiger partial charge is 0.405 e. The fourth-order valence-corrected chi connectivity index (χ4v) is 9.06. The Morgan fingerprint density at radius 1 is 0.968 bits per heavy atom. The van der Waals surface area contributed by atoms with E-state index in [0.717, 1.165) is 10.4 Å². The van der Waals surface area contributed by atoms with E-state index in [-0.39, 0.29) is 11.6 Å². The number of rotatable bonds is 8. The van der Waals surface area contributed by atoms with E-state index in [0.29, 0.717) is 0 Å². The Kier molecular flexibility index (Phi) is 7.67. The number of alkyl halides is 1. The molecule has 0 radical (unpaired) electrons. The molecule has 1 fully saturated rings. The van der Waals surface area contributed by atoms with Crippen molar-refractivity contribution in [3.63, 3.8) is 0 Å². The van der Waals surface area contributed by atoms with Gasteiger partial charge in [-0.25, -0.2) is 4.39 Å². The lowest BCUT2D eigenvalue weighted by Gasteiger charge is -2.43. The lowest BCUT2D eigenvalue weighted by molar-refractivity contribution is -0.187. The first-order valence-electron chi connectivity index (χ1n) is 10.6. The second kappa shape index (κ2) is 9.89. The van der Waals surface area contributed by atoms with Crippen molar-refractivity contribution >= 4 is 18.7 Å². The highest BCUT2D eigenvalue weighted by Gasteiger charge is 2.53. The first kappa shape index (κ1) is 24.0. The molecular weight excluding hydrogens is 413 g/mol. The number of hydrogen-bond acceptors (Lipinski definition) is 5. The van der Waals surface area contributed by atoms with E-state index in [1.807, 2.05) is 36.4 Å². The van der Waals surface area contributed by atoms with Crippen molar-refractivity contribution in [2.45, 2.75) is 56.5 Å². The molecule has 2 N–H and O–H groups in total. The third-order valence-electron chi connectivity index (χ3n) is 6.06. The zero-order valence-corrected chi connectivity index (χ0v) is 20.0. The van der Waals surface area contributed by atoms with Gasteiger partial charge in [-0.2, -0.15) is 0 Å². The fraction of sp³-hybridized carbons (Fsp3) is 0.500. The first-order valence-corrected chi connectivity index (χ1v) is 12.5.